The third kappa shape index (κ3) is 6.70. The van der Waals surface area contributed by atoms with E-state index in [-0.39, 0.29) is 38.1 Å². The summed E-state index contributed by atoms with van der Waals surface area (Å²) >= 11 is 6.23. The number of piperidine rings is 1. The maximum Gasteiger partial charge on any atom is 0.416 e. The zero-order valence-corrected chi connectivity index (χ0v) is 26.2. The molecule has 0 saturated carbocycles. The van der Waals surface area contributed by atoms with Crippen LogP contribution in [0.5, 0.6) is 0 Å². The van der Waals surface area contributed by atoms with Gasteiger partial charge in [-0.05, 0) is 43.2 Å². The number of carbonyl (C=O) groups excluding carboxylic acids is 1. The number of likely N-dealkylation sites (tertiary alicyclic amines) is 1. The van der Waals surface area contributed by atoms with E-state index in [4.69, 9.17) is 11.6 Å². The lowest BCUT2D eigenvalue weighted by Gasteiger charge is -2.41. The Hall–Kier alpha value is -3.17. The van der Waals surface area contributed by atoms with Gasteiger partial charge in [-0.15, -0.1) is 0 Å². The van der Waals surface area contributed by atoms with Gasteiger partial charge in [0, 0.05) is 67.0 Å². The van der Waals surface area contributed by atoms with E-state index in [1.807, 2.05) is 11.0 Å². The highest BCUT2D eigenvalue weighted by atomic mass is 35.5. The van der Waals surface area contributed by atoms with Crippen molar-refractivity contribution in [3.05, 3.63) is 64.3 Å². The smallest absolute Gasteiger partial charge is 0.390 e. The number of carbonyl (C=O) groups is 1. The Morgan fingerprint density at radius 1 is 1.09 bits per heavy atom. The summed E-state index contributed by atoms with van der Waals surface area (Å²) in [4.78, 5) is 16.8. The molecule has 1 saturated heterocycles. The van der Waals surface area contributed by atoms with Gasteiger partial charge in [0.25, 0.3) is 0 Å². The number of aromatic nitrogens is 2. The molecule has 1 amide bonds. The van der Waals surface area contributed by atoms with Crippen LogP contribution >= 0.6 is 11.6 Å². The topological polar surface area (TPSA) is 111 Å². The largest absolute Gasteiger partial charge is 0.416 e. The second-order valence-corrected chi connectivity index (χ2v) is 14.3. The van der Waals surface area contributed by atoms with Crippen LogP contribution in [0.15, 0.2) is 42.5 Å². The SMILES string of the molecule is CS(=O)(=O)N1CCc2c(c(-c3ccc(C(F)(F)F)cc3)nn2CC(O)CN2CCC(N3C(=O)CNc4ccc(Cl)cc43)CC2)C1. The summed E-state index contributed by atoms with van der Waals surface area (Å²) in [6.07, 6.45) is -2.36. The zero-order valence-electron chi connectivity index (χ0n) is 24.6. The fourth-order valence-electron chi connectivity index (χ4n) is 6.51. The van der Waals surface area contributed by atoms with E-state index < -0.39 is 27.9 Å². The Balaban J connectivity index is 1.15. The molecule has 0 aliphatic carbocycles. The lowest BCUT2D eigenvalue weighted by molar-refractivity contribution is -0.137. The van der Waals surface area contributed by atoms with Gasteiger partial charge in [0.1, 0.15) is 0 Å². The van der Waals surface area contributed by atoms with Crippen molar-refractivity contribution in [3.8, 4) is 11.3 Å². The van der Waals surface area contributed by atoms with Crippen molar-refractivity contribution < 1.29 is 31.5 Å². The first-order valence-electron chi connectivity index (χ1n) is 14.7. The summed E-state index contributed by atoms with van der Waals surface area (Å²) in [6, 6.07) is 10.1. The number of aliphatic hydroxyl groups is 1. The number of halogens is 4. The summed E-state index contributed by atoms with van der Waals surface area (Å²) in [6.45, 7) is 2.37. The van der Waals surface area contributed by atoms with Crippen molar-refractivity contribution in [2.45, 2.75) is 50.7 Å². The molecule has 1 unspecified atom stereocenters. The summed E-state index contributed by atoms with van der Waals surface area (Å²) < 4.78 is 67.2. The maximum absolute atomic E-state index is 13.2. The molecule has 15 heteroatoms. The quantitative estimate of drug-likeness (QED) is 0.395. The van der Waals surface area contributed by atoms with Crippen molar-refractivity contribution >= 4 is 38.9 Å². The number of anilines is 2. The molecule has 45 heavy (non-hydrogen) atoms. The molecule has 0 radical (unpaired) electrons. The molecule has 3 aliphatic rings. The summed E-state index contributed by atoms with van der Waals surface area (Å²) in [5, 5.41) is 19.5. The number of fused-ring (bicyclic) bond motifs is 2. The minimum absolute atomic E-state index is 0.00688. The minimum atomic E-state index is -4.48. The van der Waals surface area contributed by atoms with Crippen LogP contribution in [0.4, 0.5) is 24.5 Å². The molecular weight excluding hydrogens is 633 g/mol. The number of hydrogen-bond donors (Lipinski definition) is 2. The van der Waals surface area contributed by atoms with Gasteiger partial charge in [-0.3, -0.25) is 9.48 Å². The third-order valence-corrected chi connectivity index (χ3v) is 10.2. The van der Waals surface area contributed by atoms with E-state index in [1.165, 1.54) is 16.4 Å². The first-order chi connectivity index (χ1) is 21.3. The van der Waals surface area contributed by atoms with E-state index in [9.17, 15) is 31.5 Å². The van der Waals surface area contributed by atoms with Crippen LogP contribution in [-0.4, -0.2) is 89.5 Å². The van der Waals surface area contributed by atoms with Crippen molar-refractivity contribution in [1.29, 1.82) is 0 Å². The monoisotopic (exact) mass is 666 g/mol. The van der Waals surface area contributed by atoms with Gasteiger partial charge < -0.3 is 20.2 Å². The number of nitrogens with zero attached hydrogens (tertiary/aromatic N) is 5. The molecule has 0 spiro atoms. The fourth-order valence-corrected chi connectivity index (χ4v) is 7.46. The lowest BCUT2D eigenvalue weighted by atomic mass is 10.00. The Morgan fingerprint density at radius 2 is 1.80 bits per heavy atom. The Labute approximate surface area is 264 Å². The van der Waals surface area contributed by atoms with Crippen LogP contribution in [0.2, 0.25) is 5.02 Å². The van der Waals surface area contributed by atoms with Gasteiger partial charge in [0.05, 0.1) is 48.1 Å². The first kappa shape index (κ1) is 31.8. The second kappa shape index (κ2) is 12.2. The zero-order chi connectivity index (χ0) is 32.1. The number of nitrogens with one attached hydrogen (secondary N) is 1. The predicted molar refractivity (Wildman–Crippen MR) is 165 cm³/mol. The molecule has 242 valence electrons. The number of amides is 1. The molecule has 1 atom stereocenters. The molecule has 1 aromatic heterocycles. The van der Waals surface area contributed by atoms with Crippen LogP contribution in [0.1, 0.15) is 29.7 Å². The first-order valence-corrected chi connectivity index (χ1v) is 17.0. The van der Waals surface area contributed by atoms with Crippen molar-refractivity contribution in [2.75, 3.05) is 49.2 Å². The highest BCUT2D eigenvalue weighted by Gasteiger charge is 2.35. The Kier molecular flexibility index (Phi) is 8.63. The number of rotatable bonds is 7. The molecule has 3 aromatic rings. The van der Waals surface area contributed by atoms with E-state index in [1.54, 1.807) is 16.8 Å². The van der Waals surface area contributed by atoms with E-state index >= 15 is 0 Å². The normalized spacial score (nSPS) is 19.2. The standard InChI is InChI=1S/C30H34ClF3N6O4S/c1-45(43,44)38-13-10-26-24(18-38)29(19-2-4-20(5-3-19)30(32,33)34)36-39(26)17-23(41)16-37-11-8-22(9-12-37)40-27-14-21(31)6-7-25(27)35-15-28(40)42/h2-7,14,22-23,35,41H,8-13,15-18H2,1H3. The number of β-amino-alcohol motifs (C(OH)–C–C–N with tert-alkyl or cyclic N) is 1. The van der Waals surface area contributed by atoms with Gasteiger partial charge in [0.15, 0.2) is 0 Å². The van der Waals surface area contributed by atoms with E-state index in [0.717, 1.165) is 48.3 Å². The minimum Gasteiger partial charge on any atom is -0.390 e. The number of hydrogen-bond acceptors (Lipinski definition) is 7. The molecule has 2 N–H and O–H groups in total. The highest BCUT2D eigenvalue weighted by molar-refractivity contribution is 7.88. The van der Waals surface area contributed by atoms with Crippen molar-refractivity contribution in [3.63, 3.8) is 0 Å². The Morgan fingerprint density at radius 3 is 2.47 bits per heavy atom. The van der Waals surface area contributed by atoms with Gasteiger partial charge in [-0.2, -0.15) is 22.6 Å². The fraction of sp³-hybridized carbons (Fsp3) is 0.467. The van der Waals surface area contributed by atoms with Crippen LogP contribution in [-0.2, 0) is 40.5 Å². The molecular formula is C30H34ClF3N6O4S. The average Bonchev–Trinajstić information content (AvgIpc) is 3.34. The van der Waals surface area contributed by atoms with Gasteiger partial charge in [-0.1, -0.05) is 23.7 Å². The van der Waals surface area contributed by atoms with Gasteiger partial charge in [0.2, 0.25) is 15.9 Å². The average molecular weight is 667 g/mol. The molecule has 1 fully saturated rings. The van der Waals surface area contributed by atoms with Crippen molar-refractivity contribution in [1.82, 2.24) is 19.0 Å². The summed E-state index contributed by atoms with van der Waals surface area (Å²) in [5.74, 6) is -0.00926. The summed E-state index contributed by atoms with van der Waals surface area (Å²) in [5.41, 5.74) is 3.09. The predicted octanol–water partition coefficient (Wildman–Crippen LogP) is 3.82. The number of benzene rings is 2. The second-order valence-electron chi connectivity index (χ2n) is 11.8. The van der Waals surface area contributed by atoms with Crippen LogP contribution in [0.25, 0.3) is 11.3 Å². The molecule has 10 nitrogen and oxygen atoms in total. The highest BCUT2D eigenvalue weighted by Crippen LogP contribution is 2.37. The van der Waals surface area contributed by atoms with E-state index in [2.05, 4.69) is 15.3 Å². The van der Waals surface area contributed by atoms with E-state index in [0.29, 0.717) is 47.9 Å². The molecule has 0 bridgehead atoms. The van der Waals surface area contributed by atoms with Gasteiger partial charge in [-0.25, -0.2) is 8.42 Å². The van der Waals surface area contributed by atoms with Crippen molar-refractivity contribution in [2.24, 2.45) is 0 Å². The third-order valence-electron chi connectivity index (χ3n) is 8.75. The van der Waals surface area contributed by atoms with Crippen LogP contribution < -0.4 is 10.2 Å². The number of sulfonamides is 1. The molecule has 4 heterocycles. The summed E-state index contributed by atoms with van der Waals surface area (Å²) in [7, 11) is -3.50. The van der Waals surface area contributed by atoms with Crippen LogP contribution in [0.3, 0.4) is 0 Å². The molecule has 6 rings (SSSR count). The lowest BCUT2D eigenvalue weighted by Crippen LogP contribution is -2.52. The number of aliphatic hydroxyl groups excluding tert-OH is 1. The maximum atomic E-state index is 13.2. The van der Waals surface area contributed by atoms with Gasteiger partial charge >= 0.3 is 6.18 Å². The van der Waals surface area contributed by atoms with Crippen LogP contribution in [0, 0.1) is 0 Å². The molecule has 3 aliphatic heterocycles. The number of alkyl halides is 3. The molecule has 2 aromatic carbocycles. The Bertz CT molecular complexity index is 1690.